The second-order valence-electron chi connectivity index (χ2n) is 3.72. The Bertz CT molecular complexity index is 643. The number of esters is 1. The molecule has 1 amide bonds. The first-order valence-electron chi connectivity index (χ1n) is 5.63. The number of halogens is 1. The third kappa shape index (κ3) is 3.00. The molecule has 0 aliphatic heterocycles. The number of benzene rings is 1. The molecule has 0 spiro atoms. The monoisotopic (exact) mass is 278 g/mol. The smallest absolute Gasteiger partial charge is 0.397 e. The van der Waals surface area contributed by atoms with E-state index in [-0.39, 0.29) is 6.61 Å². The van der Waals surface area contributed by atoms with Gasteiger partial charge in [0.1, 0.15) is 0 Å². The first kappa shape index (κ1) is 13.3. The van der Waals surface area contributed by atoms with Gasteiger partial charge >= 0.3 is 11.9 Å². The van der Waals surface area contributed by atoms with Crippen molar-refractivity contribution in [2.45, 2.75) is 6.92 Å². The summed E-state index contributed by atoms with van der Waals surface area (Å²) in [6.45, 7) is 1.78. The van der Waals surface area contributed by atoms with Crippen LogP contribution in [0.15, 0.2) is 30.6 Å². The maximum atomic E-state index is 11.6. The quantitative estimate of drug-likeness (QED) is 0.676. The highest BCUT2D eigenvalue weighted by molar-refractivity contribution is 6.38. The normalized spacial score (nSPS) is 10.2. The standard InChI is InChI=1S/C13H11ClN2O3/c1-2-19-13(18)12(17)16-11-6-9(14)5-8-7-15-4-3-10(8)11/h3-7H,2H2,1H3,(H,16,17). The number of anilines is 1. The molecule has 98 valence electrons. The number of hydrogen-bond acceptors (Lipinski definition) is 4. The number of rotatable bonds is 2. The SMILES string of the molecule is CCOC(=O)C(=O)Nc1cc(Cl)cc2cnccc12. The van der Waals surface area contributed by atoms with Gasteiger partial charge in [-0.1, -0.05) is 11.6 Å². The maximum Gasteiger partial charge on any atom is 0.397 e. The Kier molecular flexibility index (Phi) is 3.97. The predicted molar refractivity (Wildman–Crippen MR) is 72.0 cm³/mol. The van der Waals surface area contributed by atoms with Crippen LogP contribution in [0.1, 0.15) is 6.92 Å². The number of ether oxygens (including phenoxy) is 1. The lowest BCUT2D eigenvalue weighted by molar-refractivity contribution is -0.152. The largest absolute Gasteiger partial charge is 0.459 e. The van der Waals surface area contributed by atoms with Crippen molar-refractivity contribution in [2.75, 3.05) is 11.9 Å². The molecule has 0 saturated heterocycles. The summed E-state index contributed by atoms with van der Waals surface area (Å²) in [7, 11) is 0. The average molecular weight is 279 g/mol. The molecule has 0 saturated carbocycles. The molecule has 2 rings (SSSR count). The highest BCUT2D eigenvalue weighted by Crippen LogP contribution is 2.27. The van der Waals surface area contributed by atoms with Crippen LogP contribution in [0.5, 0.6) is 0 Å². The summed E-state index contributed by atoms with van der Waals surface area (Å²) in [4.78, 5) is 26.9. The summed E-state index contributed by atoms with van der Waals surface area (Å²) in [6, 6.07) is 5.03. The summed E-state index contributed by atoms with van der Waals surface area (Å²) in [5.41, 5.74) is 0.447. The first-order valence-corrected chi connectivity index (χ1v) is 6.01. The minimum absolute atomic E-state index is 0.145. The van der Waals surface area contributed by atoms with Crippen molar-refractivity contribution in [3.05, 3.63) is 35.6 Å². The number of fused-ring (bicyclic) bond motifs is 1. The molecule has 0 aliphatic carbocycles. The van der Waals surface area contributed by atoms with E-state index in [1.54, 1.807) is 37.5 Å². The molecule has 1 aromatic heterocycles. The summed E-state index contributed by atoms with van der Waals surface area (Å²) in [5.74, 6) is -1.76. The lowest BCUT2D eigenvalue weighted by atomic mass is 10.1. The van der Waals surface area contributed by atoms with Crippen LogP contribution in [0, 0.1) is 0 Å². The van der Waals surface area contributed by atoms with Gasteiger partial charge in [0.25, 0.3) is 0 Å². The predicted octanol–water partition coefficient (Wildman–Crippen LogP) is 2.39. The van der Waals surface area contributed by atoms with Gasteiger partial charge in [-0.3, -0.25) is 9.78 Å². The fourth-order valence-corrected chi connectivity index (χ4v) is 1.87. The van der Waals surface area contributed by atoms with Crippen LogP contribution in [-0.4, -0.2) is 23.5 Å². The van der Waals surface area contributed by atoms with E-state index in [4.69, 9.17) is 11.6 Å². The molecule has 0 bridgehead atoms. The van der Waals surface area contributed by atoms with Crippen molar-refractivity contribution in [1.29, 1.82) is 0 Å². The zero-order chi connectivity index (χ0) is 13.8. The number of hydrogen-bond donors (Lipinski definition) is 1. The molecule has 0 aliphatic rings. The van der Waals surface area contributed by atoms with E-state index >= 15 is 0 Å². The van der Waals surface area contributed by atoms with Gasteiger partial charge in [-0.25, -0.2) is 4.79 Å². The van der Waals surface area contributed by atoms with Gasteiger partial charge in [-0.2, -0.15) is 0 Å². The van der Waals surface area contributed by atoms with Crippen LogP contribution in [0.2, 0.25) is 5.02 Å². The van der Waals surface area contributed by atoms with Crippen molar-refractivity contribution < 1.29 is 14.3 Å². The minimum atomic E-state index is -0.926. The Morgan fingerprint density at radius 2 is 2.21 bits per heavy atom. The number of nitrogens with zero attached hydrogens (tertiary/aromatic N) is 1. The highest BCUT2D eigenvalue weighted by Gasteiger charge is 2.16. The Hall–Kier alpha value is -2.14. The molecule has 19 heavy (non-hydrogen) atoms. The molecule has 1 heterocycles. The Labute approximate surface area is 114 Å². The fourth-order valence-electron chi connectivity index (χ4n) is 1.65. The lowest BCUT2D eigenvalue weighted by Crippen LogP contribution is -2.25. The van der Waals surface area contributed by atoms with Gasteiger partial charge in [0, 0.05) is 28.2 Å². The van der Waals surface area contributed by atoms with Gasteiger partial charge in [-0.05, 0) is 25.1 Å². The number of pyridine rings is 1. The Morgan fingerprint density at radius 1 is 1.42 bits per heavy atom. The third-order valence-corrected chi connectivity index (χ3v) is 2.64. The highest BCUT2D eigenvalue weighted by atomic mass is 35.5. The van der Waals surface area contributed by atoms with E-state index in [1.807, 2.05) is 0 Å². The van der Waals surface area contributed by atoms with Crippen molar-refractivity contribution >= 4 is 39.9 Å². The van der Waals surface area contributed by atoms with E-state index in [2.05, 4.69) is 15.0 Å². The average Bonchev–Trinajstić information content (AvgIpc) is 2.38. The molecule has 5 nitrogen and oxygen atoms in total. The first-order chi connectivity index (χ1) is 9.11. The lowest BCUT2D eigenvalue weighted by Gasteiger charge is -2.08. The number of carbonyl (C=O) groups excluding carboxylic acids is 2. The van der Waals surface area contributed by atoms with Gasteiger partial charge in [-0.15, -0.1) is 0 Å². The van der Waals surface area contributed by atoms with Crippen LogP contribution in [0.4, 0.5) is 5.69 Å². The molecule has 1 N–H and O–H groups in total. The van der Waals surface area contributed by atoms with Gasteiger partial charge in [0.15, 0.2) is 0 Å². The molecular formula is C13H11ClN2O3. The Morgan fingerprint density at radius 3 is 2.95 bits per heavy atom. The van der Waals surface area contributed by atoms with Gasteiger partial charge in [0.05, 0.1) is 12.3 Å². The third-order valence-electron chi connectivity index (χ3n) is 2.43. The Balaban J connectivity index is 2.35. The molecule has 0 unspecified atom stereocenters. The molecule has 2 aromatic rings. The minimum Gasteiger partial charge on any atom is -0.459 e. The topological polar surface area (TPSA) is 68.3 Å². The molecule has 0 fully saturated rings. The van der Waals surface area contributed by atoms with Crippen molar-refractivity contribution in [3.8, 4) is 0 Å². The van der Waals surface area contributed by atoms with E-state index < -0.39 is 11.9 Å². The summed E-state index contributed by atoms with van der Waals surface area (Å²) in [6.07, 6.45) is 3.22. The zero-order valence-electron chi connectivity index (χ0n) is 10.1. The van der Waals surface area contributed by atoms with Crippen LogP contribution in [0.3, 0.4) is 0 Å². The number of amides is 1. The van der Waals surface area contributed by atoms with Gasteiger partial charge in [0.2, 0.25) is 0 Å². The molecular weight excluding hydrogens is 268 g/mol. The van der Waals surface area contributed by atoms with E-state index in [0.29, 0.717) is 10.7 Å². The molecule has 1 aromatic carbocycles. The molecule has 0 atom stereocenters. The van der Waals surface area contributed by atoms with Crippen LogP contribution < -0.4 is 5.32 Å². The van der Waals surface area contributed by atoms with Crippen LogP contribution in [-0.2, 0) is 14.3 Å². The van der Waals surface area contributed by atoms with E-state index in [1.165, 1.54) is 0 Å². The number of nitrogens with one attached hydrogen (secondary N) is 1. The van der Waals surface area contributed by atoms with Crippen LogP contribution in [0.25, 0.3) is 10.8 Å². The molecule has 6 heteroatoms. The van der Waals surface area contributed by atoms with Crippen molar-refractivity contribution in [2.24, 2.45) is 0 Å². The second-order valence-corrected chi connectivity index (χ2v) is 4.16. The molecule has 0 radical (unpaired) electrons. The summed E-state index contributed by atoms with van der Waals surface area (Å²) < 4.78 is 4.62. The summed E-state index contributed by atoms with van der Waals surface area (Å²) >= 11 is 5.95. The van der Waals surface area contributed by atoms with Crippen LogP contribution >= 0.6 is 11.6 Å². The van der Waals surface area contributed by atoms with Crippen molar-refractivity contribution in [3.63, 3.8) is 0 Å². The van der Waals surface area contributed by atoms with Gasteiger partial charge < -0.3 is 10.1 Å². The van der Waals surface area contributed by atoms with E-state index in [0.717, 1.165) is 10.8 Å². The zero-order valence-corrected chi connectivity index (χ0v) is 10.9. The maximum absolute atomic E-state index is 11.6. The number of aromatic nitrogens is 1. The number of carbonyl (C=O) groups is 2. The second kappa shape index (κ2) is 5.67. The van der Waals surface area contributed by atoms with E-state index in [9.17, 15) is 9.59 Å². The van der Waals surface area contributed by atoms with Crippen molar-refractivity contribution in [1.82, 2.24) is 4.98 Å². The summed E-state index contributed by atoms with van der Waals surface area (Å²) in [5, 5.41) is 4.45. The fraction of sp³-hybridized carbons (Fsp3) is 0.154.